The second-order valence-corrected chi connectivity index (χ2v) is 9.68. The third-order valence-electron chi connectivity index (χ3n) is 6.42. The van der Waals surface area contributed by atoms with Crippen LogP contribution in [0.4, 0.5) is 18.9 Å². The number of carbonyl (C=O) groups excluding carboxylic acids is 2. The molecule has 0 saturated heterocycles. The number of likely N-dealkylation sites (N-methyl/N-ethyl adjacent to an activating group) is 1. The standard InChI is InChI=1S/C29H27ClF3N3O5/c1-36-22-13-12-20(30)14-21(22)24(18-6-4-3-5-7-18)34-26(28(36)39)35-27(38)25(40-2)23(37)16-41-15-17-8-10-19(11-9-17)29(31,32)33/h3-14,23,25-26,37H,15-16H2,1-2H3,(H,35,38). The van der Waals surface area contributed by atoms with Gasteiger partial charge >= 0.3 is 6.18 Å². The van der Waals surface area contributed by atoms with E-state index in [0.29, 0.717) is 33.1 Å². The highest BCUT2D eigenvalue weighted by molar-refractivity contribution is 6.32. The Bertz CT molecular complexity index is 1420. The number of aliphatic imine (C=N–C) groups is 1. The quantitative estimate of drug-likeness (QED) is 0.390. The summed E-state index contributed by atoms with van der Waals surface area (Å²) in [5, 5.41) is 13.6. The molecular weight excluding hydrogens is 563 g/mol. The normalized spacial score (nSPS) is 16.9. The van der Waals surface area contributed by atoms with E-state index in [0.717, 1.165) is 12.1 Å². The van der Waals surface area contributed by atoms with Crippen LogP contribution in [0.5, 0.6) is 0 Å². The molecule has 1 aliphatic rings. The second kappa shape index (κ2) is 12.8. The van der Waals surface area contributed by atoms with E-state index in [9.17, 15) is 27.9 Å². The van der Waals surface area contributed by atoms with Crippen molar-refractivity contribution in [2.45, 2.75) is 31.2 Å². The molecule has 3 aromatic carbocycles. The Kier molecular flexibility index (Phi) is 9.44. The van der Waals surface area contributed by atoms with Crippen molar-refractivity contribution in [1.29, 1.82) is 0 Å². The first kappa shape index (κ1) is 30.2. The summed E-state index contributed by atoms with van der Waals surface area (Å²) in [7, 11) is 2.76. The summed E-state index contributed by atoms with van der Waals surface area (Å²) in [6, 6.07) is 18.5. The number of aliphatic hydroxyl groups is 1. The molecule has 1 heterocycles. The lowest BCUT2D eigenvalue weighted by Gasteiger charge is -2.24. The Morgan fingerprint density at radius 1 is 1.12 bits per heavy atom. The average Bonchev–Trinajstić information content (AvgIpc) is 3.04. The first-order valence-corrected chi connectivity index (χ1v) is 12.8. The van der Waals surface area contributed by atoms with Gasteiger partial charge in [0, 0.05) is 30.3 Å². The molecule has 216 valence electrons. The van der Waals surface area contributed by atoms with E-state index in [2.05, 4.69) is 10.3 Å². The summed E-state index contributed by atoms with van der Waals surface area (Å²) in [5.41, 5.74) is 1.91. The van der Waals surface area contributed by atoms with Crippen molar-refractivity contribution in [3.63, 3.8) is 0 Å². The van der Waals surface area contributed by atoms with Gasteiger partial charge in [-0.3, -0.25) is 9.59 Å². The summed E-state index contributed by atoms with van der Waals surface area (Å²) in [5.74, 6) is -1.35. The number of hydrogen-bond acceptors (Lipinski definition) is 6. The van der Waals surface area contributed by atoms with Crippen molar-refractivity contribution < 1.29 is 37.3 Å². The number of hydrogen-bond donors (Lipinski definition) is 2. The largest absolute Gasteiger partial charge is 0.416 e. The van der Waals surface area contributed by atoms with Gasteiger partial charge in [-0.1, -0.05) is 54.1 Å². The molecule has 2 N–H and O–H groups in total. The maximum absolute atomic E-state index is 13.4. The van der Waals surface area contributed by atoms with Gasteiger partial charge in [0.2, 0.25) is 6.17 Å². The number of methoxy groups -OCH3 is 1. The number of anilines is 1. The van der Waals surface area contributed by atoms with Crippen molar-refractivity contribution in [2.24, 2.45) is 4.99 Å². The van der Waals surface area contributed by atoms with Gasteiger partial charge in [-0.15, -0.1) is 0 Å². The van der Waals surface area contributed by atoms with E-state index in [1.807, 2.05) is 30.3 Å². The summed E-state index contributed by atoms with van der Waals surface area (Å²) in [6.07, 6.45) is -8.70. The van der Waals surface area contributed by atoms with Gasteiger partial charge in [-0.05, 0) is 35.9 Å². The van der Waals surface area contributed by atoms with Crippen molar-refractivity contribution in [2.75, 3.05) is 25.7 Å². The molecule has 12 heteroatoms. The van der Waals surface area contributed by atoms with E-state index in [1.165, 1.54) is 24.1 Å². The molecule has 8 nitrogen and oxygen atoms in total. The van der Waals surface area contributed by atoms with Crippen molar-refractivity contribution in [1.82, 2.24) is 5.32 Å². The molecule has 0 bridgehead atoms. The zero-order valence-corrected chi connectivity index (χ0v) is 22.8. The summed E-state index contributed by atoms with van der Waals surface area (Å²) in [6.45, 7) is -0.474. The highest BCUT2D eigenvalue weighted by Gasteiger charge is 2.35. The first-order chi connectivity index (χ1) is 19.5. The molecule has 0 saturated carbocycles. The van der Waals surface area contributed by atoms with Gasteiger partial charge in [0.1, 0.15) is 6.10 Å². The maximum Gasteiger partial charge on any atom is 0.416 e. The van der Waals surface area contributed by atoms with E-state index in [1.54, 1.807) is 25.2 Å². The molecule has 0 radical (unpaired) electrons. The van der Waals surface area contributed by atoms with Crippen LogP contribution in [0, 0.1) is 0 Å². The Morgan fingerprint density at radius 3 is 2.44 bits per heavy atom. The van der Waals surface area contributed by atoms with Gasteiger partial charge in [0.25, 0.3) is 11.8 Å². The minimum Gasteiger partial charge on any atom is -0.387 e. The van der Waals surface area contributed by atoms with E-state index in [4.69, 9.17) is 21.1 Å². The number of amides is 2. The van der Waals surface area contributed by atoms with Crippen molar-refractivity contribution >= 4 is 34.8 Å². The highest BCUT2D eigenvalue weighted by atomic mass is 35.5. The van der Waals surface area contributed by atoms with Crippen LogP contribution in [0.3, 0.4) is 0 Å². The molecule has 0 spiro atoms. The fourth-order valence-corrected chi connectivity index (χ4v) is 4.47. The third kappa shape index (κ3) is 7.12. The lowest BCUT2D eigenvalue weighted by Crippen LogP contribution is -2.52. The topological polar surface area (TPSA) is 100 Å². The van der Waals surface area contributed by atoms with E-state index in [-0.39, 0.29) is 13.2 Å². The van der Waals surface area contributed by atoms with Crippen molar-refractivity contribution in [3.8, 4) is 0 Å². The fraction of sp³-hybridized carbons (Fsp3) is 0.276. The van der Waals surface area contributed by atoms with Gasteiger partial charge in [-0.2, -0.15) is 13.2 Å². The van der Waals surface area contributed by atoms with Crippen LogP contribution in [-0.2, 0) is 31.8 Å². The summed E-state index contributed by atoms with van der Waals surface area (Å²) in [4.78, 5) is 32.5. The Labute approximate surface area is 239 Å². The zero-order valence-electron chi connectivity index (χ0n) is 22.1. The number of nitrogens with one attached hydrogen (secondary N) is 1. The number of benzene rings is 3. The molecular formula is C29H27ClF3N3O5. The maximum atomic E-state index is 13.4. The number of fused-ring (bicyclic) bond motifs is 1. The molecule has 0 aromatic heterocycles. The molecule has 41 heavy (non-hydrogen) atoms. The number of aliphatic hydroxyl groups excluding tert-OH is 1. The SMILES string of the molecule is COC(C(=O)NC1N=C(c2ccccc2)c2cc(Cl)ccc2N(C)C1=O)C(O)COCc1ccc(C(F)(F)F)cc1. The Morgan fingerprint density at radius 2 is 1.80 bits per heavy atom. The molecule has 4 rings (SSSR count). The van der Waals surface area contributed by atoms with Crippen molar-refractivity contribution in [3.05, 3.63) is 100 Å². The predicted octanol–water partition coefficient (Wildman–Crippen LogP) is 4.21. The lowest BCUT2D eigenvalue weighted by molar-refractivity contribution is -0.143. The first-order valence-electron chi connectivity index (χ1n) is 12.5. The van der Waals surface area contributed by atoms with Gasteiger partial charge in [0.05, 0.1) is 30.2 Å². The lowest BCUT2D eigenvalue weighted by atomic mass is 10.0. The van der Waals surface area contributed by atoms with Crippen LogP contribution in [-0.4, -0.2) is 61.8 Å². The fourth-order valence-electron chi connectivity index (χ4n) is 4.30. The average molecular weight is 590 g/mol. The number of ether oxygens (including phenoxy) is 2. The third-order valence-corrected chi connectivity index (χ3v) is 6.66. The van der Waals surface area contributed by atoms with Crippen LogP contribution in [0.15, 0.2) is 77.8 Å². The molecule has 0 fully saturated rings. The number of benzodiazepines with no additional fused rings is 1. The Balaban J connectivity index is 1.48. The van der Waals surface area contributed by atoms with Crippen LogP contribution in [0.1, 0.15) is 22.3 Å². The van der Waals surface area contributed by atoms with Crippen LogP contribution < -0.4 is 10.2 Å². The molecule has 0 aliphatic carbocycles. The van der Waals surface area contributed by atoms with Gasteiger partial charge in [0.15, 0.2) is 6.10 Å². The minimum absolute atomic E-state index is 0.106. The van der Waals surface area contributed by atoms with E-state index < -0.39 is 41.9 Å². The van der Waals surface area contributed by atoms with E-state index >= 15 is 0 Å². The number of rotatable bonds is 9. The monoisotopic (exact) mass is 589 g/mol. The smallest absolute Gasteiger partial charge is 0.387 e. The molecule has 2 amide bonds. The van der Waals surface area contributed by atoms with Gasteiger partial charge < -0.3 is 24.8 Å². The zero-order chi connectivity index (χ0) is 29.7. The summed E-state index contributed by atoms with van der Waals surface area (Å²) < 4.78 is 48.9. The summed E-state index contributed by atoms with van der Waals surface area (Å²) >= 11 is 6.26. The number of halogens is 4. The molecule has 3 unspecified atom stereocenters. The molecule has 3 atom stereocenters. The highest BCUT2D eigenvalue weighted by Crippen LogP contribution is 2.30. The predicted molar refractivity (Wildman–Crippen MR) is 147 cm³/mol. The van der Waals surface area contributed by atoms with Crippen LogP contribution in [0.25, 0.3) is 0 Å². The number of alkyl halides is 3. The Hall–Kier alpha value is -3.77. The number of nitrogens with zero attached hydrogens (tertiary/aromatic N) is 2. The minimum atomic E-state index is -4.45. The second-order valence-electron chi connectivity index (χ2n) is 9.25. The van der Waals surface area contributed by atoms with Crippen LogP contribution in [0.2, 0.25) is 5.02 Å². The van der Waals surface area contributed by atoms with Crippen LogP contribution >= 0.6 is 11.6 Å². The van der Waals surface area contributed by atoms with Gasteiger partial charge in [-0.25, -0.2) is 4.99 Å². The number of carbonyl (C=O) groups is 2. The molecule has 1 aliphatic heterocycles. The molecule has 3 aromatic rings.